The van der Waals surface area contributed by atoms with Crippen molar-refractivity contribution in [1.82, 2.24) is 10.2 Å². The van der Waals surface area contributed by atoms with Gasteiger partial charge in [0.1, 0.15) is 18.2 Å². The van der Waals surface area contributed by atoms with Crippen LogP contribution in [0.1, 0.15) is 29.3 Å². The second kappa shape index (κ2) is 8.37. The molecule has 0 unspecified atom stereocenters. The van der Waals surface area contributed by atoms with Crippen molar-refractivity contribution in [2.24, 2.45) is 0 Å². The molecule has 0 aliphatic carbocycles. The molecule has 2 rings (SSSR count). The molecule has 0 fully saturated rings. The van der Waals surface area contributed by atoms with Crippen molar-refractivity contribution in [3.63, 3.8) is 0 Å². The van der Waals surface area contributed by atoms with E-state index < -0.39 is 5.56 Å². The predicted molar refractivity (Wildman–Crippen MR) is 95.2 cm³/mol. The lowest BCUT2D eigenvalue weighted by Gasteiger charge is -2.11. The van der Waals surface area contributed by atoms with Crippen LogP contribution in [0, 0.1) is 30.6 Å². The molecule has 0 bridgehead atoms. The minimum atomic E-state index is -0.495. The van der Waals surface area contributed by atoms with E-state index in [1.54, 1.807) is 19.1 Å². The highest BCUT2D eigenvalue weighted by Gasteiger charge is 2.08. The topological polar surface area (TPSA) is 88.0 Å². The summed E-state index contributed by atoms with van der Waals surface area (Å²) < 4.78 is 11.0. The van der Waals surface area contributed by atoms with Gasteiger partial charge in [-0.2, -0.15) is 10.4 Å². The number of nitrogens with one attached hydrogen (secondary N) is 1. The number of hydrogen-bond donors (Lipinski definition) is 1. The number of ether oxygens (including phenoxy) is 2. The molecule has 25 heavy (non-hydrogen) atoms. The van der Waals surface area contributed by atoms with Gasteiger partial charge in [-0.3, -0.25) is 4.79 Å². The first-order chi connectivity index (χ1) is 12.1. The van der Waals surface area contributed by atoms with Gasteiger partial charge in [0.2, 0.25) is 0 Å². The molecular formula is C19H17N3O3. The Balaban J connectivity index is 2.33. The lowest BCUT2D eigenvalue weighted by atomic mass is 10.1. The van der Waals surface area contributed by atoms with E-state index in [-0.39, 0.29) is 12.2 Å². The fraction of sp³-hybridized carbons (Fsp3) is 0.211. The molecule has 1 aromatic heterocycles. The van der Waals surface area contributed by atoms with Crippen molar-refractivity contribution in [1.29, 1.82) is 5.26 Å². The third kappa shape index (κ3) is 4.27. The Morgan fingerprint density at radius 3 is 2.80 bits per heavy atom. The second-order valence-electron chi connectivity index (χ2n) is 5.02. The van der Waals surface area contributed by atoms with Gasteiger partial charge in [0, 0.05) is 0 Å². The lowest BCUT2D eigenvalue weighted by molar-refractivity contribution is 0.299. The third-order valence-electron chi connectivity index (χ3n) is 3.39. The number of aromatic nitrogens is 2. The van der Waals surface area contributed by atoms with Crippen molar-refractivity contribution >= 4 is 12.2 Å². The van der Waals surface area contributed by atoms with Gasteiger partial charge in [-0.1, -0.05) is 18.1 Å². The first kappa shape index (κ1) is 17.8. The molecule has 6 nitrogen and oxygen atoms in total. The smallest absolute Gasteiger partial charge is 0.282 e. The lowest BCUT2D eigenvalue weighted by Crippen LogP contribution is -2.15. The van der Waals surface area contributed by atoms with Gasteiger partial charge < -0.3 is 9.47 Å². The van der Waals surface area contributed by atoms with Crippen LogP contribution in [0.15, 0.2) is 23.0 Å². The van der Waals surface area contributed by atoms with E-state index in [1.807, 2.05) is 31.2 Å². The first-order valence-corrected chi connectivity index (χ1v) is 7.61. The summed E-state index contributed by atoms with van der Waals surface area (Å²) in [4.78, 5) is 11.5. The molecule has 0 amide bonds. The average molecular weight is 335 g/mol. The van der Waals surface area contributed by atoms with Gasteiger partial charge >= 0.3 is 0 Å². The zero-order valence-corrected chi connectivity index (χ0v) is 14.0. The number of hydrogen-bond acceptors (Lipinski definition) is 5. The summed E-state index contributed by atoms with van der Waals surface area (Å²) in [6.07, 6.45) is 8.74. The average Bonchev–Trinajstić information content (AvgIpc) is 2.61. The number of H-pyrrole nitrogens is 1. The van der Waals surface area contributed by atoms with Crippen LogP contribution in [0.5, 0.6) is 11.5 Å². The van der Waals surface area contributed by atoms with Gasteiger partial charge in [-0.15, -0.1) is 6.42 Å². The zero-order chi connectivity index (χ0) is 18.2. The summed E-state index contributed by atoms with van der Waals surface area (Å²) in [6.45, 7) is 4.21. The zero-order valence-electron chi connectivity index (χ0n) is 14.0. The molecule has 0 saturated carbocycles. The minimum Gasteiger partial charge on any atom is -0.490 e. The highest BCUT2D eigenvalue weighted by molar-refractivity contribution is 5.71. The molecule has 6 heteroatoms. The fourth-order valence-corrected chi connectivity index (χ4v) is 2.16. The van der Waals surface area contributed by atoms with Gasteiger partial charge in [-0.25, -0.2) is 5.10 Å². The highest BCUT2D eigenvalue weighted by Crippen LogP contribution is 2.29. The monoisotopic (exact) mass is 335 g/mol. The molecular weight excluding hydrogens is 318 g/mol. The van der Waals surface area contributed by atoms with E-state index >= 15 is 0 Å². The fourth-order valence-electron chi connectivity index (χ4n) is 2.16. The molecule has 0 atom stereocenters. The Bertz CT molecular complexity index is 930. The Labute approximate surface area is 145 Å². The van der Waals surface area contributed by atoms with E-state index in [9.17, 15) is 4.79 Å². The summed E-state index contributed by atoms with van der Waals surface area (Å²) in [5.41, 5.74) is 1.46. The van der Waals surface area contributed by atoms with E-state index in [4.69, 9.17) is 21.2 Å². The van der Waals surface area contributed by atoms with Crippen LogP contribution in [0.25, 0.3) is 12.2 Å². The minimum absolute atomic E-state index is 0.0580. The highest BCUT2D eigenvalue weighted by atomic mass is 16.5. The van der Waals surface area contributed by atoms with Crippen LogP contribution in [0.3, 0.4) is 0 Å². The molecule has 0 radical (unpaired) electrons. The van der Waals surface area contributed by atoms with Crippen molar-refractivity contribution < 1.29 is 9.47 Å². The van der Waals surface area contributed by atoms with E-state index in [1.165, 1.54) is 0 Å². The van der Waals surface area contributed by atoms with Gasteiger partial charge in [0.05, 0.1) is 12.3 Å². The van der Waals surface area contributed by atoms with Crippen LogP contribution < -0.4 is 15.0 Å². The number of nitriles is 1. The molecule has 126 valence electrons. The Morgan fingerprint density at radius 1 is 1.32 bits per heavy atom. The molecule has 0 aliphatic rings. The Kier molecular flexibility index (Phi) is 5.97. The van der Waals surface area contributed by atoms with Gasteiger partial charge in [0.15, 0.2) is 11.5 Å². The maximum atomic E-state index is 11.5. The number of aromatic amines is 1. The maximum Gasteiger partial charge on any atom is 0.282 e. The Morgan fingerprint density at radius 2 is 2.12 bits per heavy atom. The largest absolute Gasteiger partial charge is 0.490 e. The molecule has 1 N–H and O–H groups in total. The summed E-state index contributed by atoms with van der Waals surface area (Å²) in [5.74, 6) is 3.57. The van der Waals surface area contributed by atoms with E-state index in [0.29, 0.717) is 29.4 Å². The molecule has 1 aromatic carbocycles. The van der Waals surface area contributed by atoms with Crippen LogP contribution in [-0.4, -0.2) is 23.4 Å². The number of terminal acetylenes is 1. The van der Waals surface area contributed by atoms with Gasteiger partial charge in [0.25, 0.3) is 5.56 Å². The number of nitrogens with zero attached hydrogens (tertiary/aromatic N) is 2. The summed E-state index contributed by atoms with van der Waals surface area (Å²) in [7, 11) is 0. The summed E-state index contributed by atoms with van der Waals surface area (Å²) in [5, 5.41) is 15.3. The molecule has 0 spiro atoms. The SMILES string of the molecule is C#CCOc1ccc(/C=C/c2n[nH]c(=O)c(C#N)c2C)cc1OCC. The van der Waals surface area contributed by atoms with Crippen LogP contribution in [0.4, 0.5) is 0 Å². The van der Waals surface area contributed by atoms with E-state index in [2.05, 4.69) is 16.1 Å². The van der Waals surface area contributed by atoms with Crippen molar-refractivity contribution in [2.75, 3.05) is 13.2 Å². The quantitative estimate of drug-likeness (QED) is 0.820. The molecule has 0 saturated heterocycles. The standard InChI is InChI=1S/C19H17N3O3/c1-4-10-25-17-9-7-14(11-18(17)24-5-2)6-8-16-13(3)15(12-20)19(23)22-21-16/h1,6-9,11H,5,10H2,2-3H3,(H,22,23)/b8-6+. The molecule has 2 aromatic rings. The van der Waals surface area contributed by atoms with Crippen LogP contribution in [0.2, 0.25) is 0 Å². The van der Waals surface area contributed by atoms with Gasteiger partial charge in [-0.05, 0) is 43.2 Å². The van der Waals surface area contributed by atoms with Crippen molar-refractivity contribution in [3.05, 3.63) is 50.9 Å². The number of benzene rings is 1. The van der Waals surface area contributed by atoms with Crippen molar-refractivity contribution in [2.45, 2.75) is 13.8 Å². The number of rotatable bonds is 6. The summed E-state index contributed by atoms with van der Waals surface area (Å²) >= 11 is 0. The van der Waals surface area contributed by atoms with E-state index in [0.717, 1.165) is 5.56 Å². The molecule has 0 aliphatic heterocycles. The third-order valence-corrected chi connectivity index (χ3v) is 3.39. The predicted octanol–water partition coefficient (Wildman–Crippen LogP) is 2.53. The summed E-state index contributed by atoms with van der Waals surface area (Å²) in [6, 6.07) is 7.32. The molecule has 1 heterocycles. The second-order valence-corrected chi connectivity index (χ2v) is 5.02. The Hall–Kier alpha value is -3.51. The normalized spacial score (nSPS) is 10.2. The van der Waals surface area contributed by atoms with Crippen LogP contribution in [-0.2, 0) is 0 Å². The maximum absolute atomic E-state index is 11.5. The first-order valence-electron chi connectivity index (χ1n) is 7.61. The van der Waals surface area contributed by atoms with Crippen LogP contribution >= 0.6 is 0 Å². The van der Waals surface area contributed by atoms with Crippen molar-refractivity contribution in [3.8, 4) is 29.9 Å².